The summed E-state index contributed by atoms with van der Waals surface area (Å²) in [4.78, 5) is 21.2. The molecule has 7 nitrogen and oxygen atoms in total. The lowest BCUT2D eigenvalue weighted by atomic mass is 10.1. The zero-order valence-corrected chi connectivity index (χ0v) is 18.5. The number of rotatable bonds is 2. The van der Waals surface area contributed by atoms with E-state index in [1.807, 2.05) is 17.0 Å². The van der Waals surface area contributed by atoms with E-state index in [1.165, 1.54) is 6.07 Å². The second kappa shape index (κ2) is 8.60. The predicted molar refractivity (Wildman–Crippen MR) is 122 cm³/mol. The molecule has 1 saturated heterocycles. The van der Waals surface area contributed by atoms with E-state index in [0.717, 1.165) is 22.4 Å². The molecule has 0 N–H and O–H groups in total. The quantitative estimate of drug-likeness (QED) is 0.401. The van der Waals surface area contributed by atoms with E-state index in [4.69, 9.17) is 11.6 Å². The van der Waals surface area contributed by atoms with E-state index in [9.17, 15) is 18.0 Å². The summed E-state index contributed by atoms with van der Waals surface area (Å²) in [6, 6.07) is 15.6. The molecule has 3 heterocycles. The molecule has 1 aliphatic heterocycles. The Hall–Kier alpha value is -3.66. The monoisotopic (exact) mass is 486 g/mol. The maximum absolute atomic E-state index is 13.2. The van der Waals surface area contributed by atoms with Crippen LogP contribution < -0.4 is 4.90 Å². The van der Waals surface area contributed by atoms with Crippen molar-refractivity contribution in [2.75, 3.05) is 31.1 Å². The predicted octanol–water partition coefficient (Wildman–Crippen LogP) is 4.96. The van der Waals surface area contributed by atoms with Gasteiger partial charge in [-0.1, -0.05) is 35.0 Å². The summed E-state index contributed by atoms with van der Waals surface area (Å²) >= 11 is 6.08. The van der Waals surface area contributed by atoms with Crippen LogP contribution in [0.2, 0.25) is 5.02 Å². The Balaban J connectivity index is 1.34. The smallest absolute Gasteiger partial charge is 0.368 e. The number of anilines is 1. The van der Waals surface area contributed by atoms with Gasteiger partial charge in [0.15, 0.2) is 5.65 Å². The Kier molecular flexibility index (Phi) is 5.60. The van der Waals surface area contributed by atoms with Crippen LogP contribution in [0.3, 0.4) is 0 Å². The van der Waals surface area contributed by atoms with Gasteiger partial charge in [0, 0.05) is 42.5 Å². The fourth-order valence-electron chi connectivity index (χ4n) is 3.92. The number of hydrogen-bond acceptors (Lipinski definition) is 5. The topological polar surface area (TPSA) is 67.2 Å². The number of hydrogen-bond donors (Lipinski definition) is 0. The first-order chi connectivity index (χ1) is 16.3. The van der Waals surface area contributed by atoms with Crippen LogP contribution in [0.4, 0.5) is 23.7 Å². The number of aromatic nitrogens is 4. The summed E-state index contributed by atoms with van der Waals surface area (Å²) in [5.41, 5.74) is 2.00. The van der Waals surface area contributed by atoms with Crippen molar-refractivity contribution in [2.45, 2.75) is 6.18 Å². The molecule has 0 unspecified atom stereocenters. The van der Waals surface area contributed by atoms with Crippen LogP contribution in [0.5, 0.6) is 0 Å². The second-order valence-electron chi connectivity index (χ2n) is 7.86. The largest absolute Gasteiger partial charge is 0.416 e. The minimum atomic E-state index is -4.40. The first kappa shape index (κ1) is 22.1. The van der Waals surface area contributed by atoms with Gasteiger partial charge in [-0.3, -0.25) is 0 Å². The molecule has 0 bridgehead atoms. The molecule has 4 aromatic rings. The molecule has 0 spiro atoms. The van der Waals surface area contributed by atoms with Crippen LogP contribution in [0.15, 0.2) is 60.7 Å². The van der Waals surface area contributed by atoms with Crippen LogP contribution in [0.1, 0.15) is 5.56 Å². The highest BCUT2D eigenvalue weighted by atomic mass is 35.5. The van der Waals surface area contributed by atoms with Crippen molar-refractivity contribution >= 4 is 34.5 Å². The molecular weight excluding hydrogens is 469 g/mol. The van der Waals surface area contributed by atoms with Gasteiger partial charge in [0.2, 0.25) is 0 Å². The molecule has 1 aliphatic rings. The molecule has 1 amide bonds. The highest BCUT2D eigenvalue weighted by molar-refractivity contribution is 6.30. The van der Waals surface area contributed by atoms with Gasteiger partial charge in [-0.05, 0) is 42.5 Å². The third-order valence-corrected chi connectivity index (χ3v) is 5.92. The Labute approximate surface area is 197 Å². The van der Waals surface area contributed by atoms with Crippen molar-refractivity contribution in [3.05, 3.63) is 71.2 Å². The summed E-state index contributed by atoms with van der Waals surface area (Å²) in [5, 5.41) is 8.60. The average Bonchev–Trinajstić information content (AvgIpc) is 3.26. The lowest BCUT2D eigenvalue weighted by Gasteiger charge is -2.35. The molecule has 5 rings (SSSR count). The zero-order chi connectivity index (χ0) is 23.9. The van der Waals surface area contributed by atoms with Crippen molar-refractivity contribution in [3.8, 4) is 11.3 Å². The molecular formula is C23H18ClF3N6O. The molecule has 0 atom stereocenters. The van der Waals surface area contributed by atoms with Gasteiger partial charge in [-0.15, -0.1) is 9.78 Å². The molecule has 0 aliphatic carbocycles. The van der Waals surface area contributed by atoms with Gasteiger partial charge in [-0.25, -0.2) is 9.78 Å². The van der Waals surface area contributed by atoms with Crippen LogP contribution >= 0.6 is 11.6 Å². The number of amides is 1. The van der Waals surface area contributed by atoms with E-state index < -0.39 is 11.7 Å². The Morgan fingerprint density at radius 2 is 1.71 bits per heavy atom. The summed E-state index contributed by atoms with van der Waals surface area (Å²) in [6.45, 7) is 1.43. The van der Waals surface area contributed by atoms with Gasteiger partial charge in [0.05, 0.1) is 11.3 Å². The molecule has 0 saturated carbocycles. The molecule has 174 valence electrons. The molecule has 11 heteroatoms. The number of alkyl halides is 3. The fourth-order valence-corrected chi connectivity index (χ4v) is 4.11. The number of pyridine rings is 1. The highest BCUT2D eigenvalue weighted by Crippen LogP contribution is 2.32. The van der Waals surface area contributed by atoms with E-state index in [1.54, 1.807) is 35.2 Å². The number of carbonyl (C=O) groups excluding carboxylic acids is 1. The fraction of sp³-hybridized carbons (Fsp3) is 0.217. The second-order valence-corrected chi connectivity index (χ2v) is 8.29. The third-order valence-electron chi connectivity index (χ3n) is 5.69. The number of halogens is 4. The third kappa shape index (κ3) is 4.28. The van der Waals surface area contributed by atoms with Crippen LogP contribution in [0.25, 0.3) is 22.4 Å². The summed E-state index contributed by atoms with van der Waals surface area (Å²) < 4.78 is 40.3. The van der Waals surface area contributed by atoms with E-state index >= 15 is 0 Å². The summed E-state index contributed by atoms with van der Waals surface area (Å²) in [6.07, 6.45) is -4.40. The van der Waals surface area contributed by atoms with E-state index in [0.29, 0.717) is 53.7 Å². The van der Waals surface area contributed by atoms with E-state index in [-0.39, 0.29) is 6.03 Å². The van der Waals surface area contributed by atoms with E-state index in [2.05, 4.69) is 15.3 Å². The van der Waals surface area contributed by atoms with Crippen LogP contribution in [-0.2, 0) is 6.18 Å². The van der Waals surface area contributed by atoms with Gasteiger partial charge in [0.1, 0.15) is 5.52 Å². The molecule has 2 aromatic heterocycles. The maximum atomic E-state index is 13.2. The van der Waals surface area contributed by atoms with Crippen molar-refractivity contribution in [2.24, 2.45) is 0 Å². The normalized spacial score (nSPS) is 14.6. The standard InChI is InChI=1S/C23H18ClF3N6O/c24-17-5-1-3-15(13-17)19-7-8-20-21(28-19)33(30-29-20)22(34)32-11-9-31(10-12-32)18-6-2-4-16(14-18)23(25,26)27/h1-8,13-14H,9-12H2. The molecule has 2 aromatic carbocycles. The van der Waals surface area contributed by atoms with Gasteiger partial charge in [0.25, 0.3) is 0 Å². The van der Waals surface area contributed by atoms with Crippen molar-refractivity contribution in [3.63, 3.8) is 0 Å². The van der Waals surface area contributed by atoms with Gasteiger partial charge < -0.3 is 9.80 Å². The van der Waals surface area contributed by atoms with Crippen molar-refractivity contribution in [1.82, 2.24) is 24.9 Å². The maximum Gasteiger partial charge on any atom is 0.416 e. The Morgan fingerprint density at radius 3 is 2.44 bits per heavy atom. The molecule has 1 fully saturated rings. The van der Waals surface area contributed by atoms with Crippen LogP contribution in [-0.4, -0.2) is 57.1 Å². The van der Waals surface area contributed by atoms with Gasteiger partial charge >= 0.3 is 12.2 Å². The number of piperazine rings is 1. The SMILES string of the molecule is O=C(N1CCN(c2cccc(C(F)(F)F)c2)CC1)n1nnc2ccc(-c3cccc(Cl)c3)nc21. The average molecular weight is 487 g/mol. The lowest BCUT2D eigenvalue weighted by molar-refractivity contribution is -0.137. The minimum absolute atomic E-state index is 0.322. The zero-order valence-electron chi connectivity index (χ0n) is 17.7. The Bertz CT molecular complexity index is 1360. The first-order valence-electron chi connectivity index (χ1n) is 10.5. The lowest BCUT2D eigenvalue weighted by Crippen LogP contribution is -2.50. The number of benzene rings is 2. The summed E-state index contributed by atoms with van der Waals surface area (Å²) in [5.74, 6) is 0. The highest BCUT2D eigenvalue weighted by Gasteiger charge is 2.31. The van der Waals surface area contributed by atoms with Crippen LogP contribution in [0, 0.1) is 0 Å². The molecule has 0 radical (unpaired) electrons. The van der Waals surface area contributed by atoms with Gasteiger partial charge in [-0.2, -0.15) is 13.2 Å². The number of carbonyl (C=O) groups is 1. The minimum Gasteiger partial charge on any atom is -0.368 e. The van der Waals surface area contributed by atoms with Crippen molar-refractivity contribution < 1.29 is 18.0 Å². The van der Waals surface area contributed by atoms with Crippen molar-refractivity contribution in [1.29, 1.82) is 0 Å². The first-order valence-corrected chi connectivity index (χ1v) is 10.9. The number of nitrogens with zero attached hydrogens (tertiary/aromatic N) is 6. The Morgan fingerprint density at radius 1 is 0.941 bits per heavy atom. The number of fused-ring (bicyclic) bond motifs is 1. The summed E-state index contributed by atoms with van der Waals surface area (Å²) in [7, 11) is 0. The molecule has 34 heavy (non-hydrogen) atoms.